The zero-order valence-electron chi connectivity index (χ0n) is 16.1. The maximum Gasteiger partial charge on any atom is 0.355 e. The number of ether oxygens (including phenoxy) is 1. The van der Waals surface area contributed by atoms with Gasteiger partial charge in [0, 0.05) is 11.3 Å². The normalized spacial score (nSPS) is 11.7. The summed E-state index contributed by atoms with van der Waals surface area (Å²) in [6.07, 6.45) is 0. The first-order chi connectivity index (χ1) is 12.1. The third-order valence-electron chi connectivity index (χ3n) is 4.28. The van der Waals surface area contributed by atoms with Crippen LogP contribution < -0.4 is 4.72 Å². The molecule has 2 aromatic rings. The van der Waals surface area contributed by atoms with Crippen LogP contribution in [0.15, 0.2) is 23.1 Å². The van der Waals surface area contributed by atoms with Gasteiger partial charge in [0.05, 0.1) is 12.3 Å². The number of rotatable bonds is 6. The molecule has 0 spiro atoms. The lowest BCUT2D eigenvalue weighted by atomic mass is 9.99. The van der Waals surface area contributed by atoms with Crippen LogP contribution in [0.5, 0.6) is 0 Å². The average Bonchev–Trinajstić information content (AvgIpc) is 2.84. The van der Waals surface area contributed by atoms with Crippen LogP contribution in [0, 0.1) is 20.8 Å². The molecule has 1 heterocycles. The van der Waals surface area contributed by atoms with Crippen molar-refractivity contribution in [3.05, 3.63) is 46.3 Å². The molecular weight excluding hydrogens is 352 g/mol. The van der Waals surface area contributed by atoms with Crippen molar-refractivity contribution in [3.8, 4) is 0 Å². The quantitative estimate of drug-likeness (QED) is 0.743. The lowest BCUT2D eigenvalue weighted by Gasteiger charge is -2.17. The lowest BCUT2D eigenvalue weighted by Crippen LogP contribution is -2.17. The van der Waals surface area contributed by atoms with Gasteiger partial charge in [-0.15, -0.1) is 0 Å². The molecule has 0 amide bonds. The Hall–Kier alpha value is -2.28. The van der Waals surface area contributed by atoms with Crippen molar-refractivity contribution in [2.45, 2.75) is 52.4 Å². The molecule has 0 aliphatic rings. The Morgan fingerprint density at radius 3 is 2.46 bits per heavy atom. The van der Waals surface area contributed by atoms with Gasteiger partial charge in [-0.3, -0.25) is 4.72 Å². The second kappa shape index (κ2) is 7.53. The summed E-state index contributed by atoms with van der Waals surface area (Å²) in [5, 5.41) is 0. The molecule has 1 aromatic heterocycles. The number of aromatic amines is 1. The van der Waals surface area contributed by atoms with E-state index in [4.69, 9.17) is 4.74 Å². The van der Waals surface area contributed by atoms with Gasteiger partial charge in [-0.2, -0.15) is 0 Å². The highest BCUT2D eigenvalue weighted by Crippen LogP contribution is 2.31. The highest BCUT2D eigenvalue weighted by molar-refractivity contribution is 7.92. The molecule has 0 aliphatic heterocycles. The number of aryl methyl sites for hydroxylation is 2. The van der Waals surface area contributed by atoms with Crippen molar-refractivity contribution in [3.63, 3.8) is 0 Å². The fourth-order valence-electron chi connectivity index (χ4n) is 3.04. The topological polar surface area (TPSA) is 88.3 Å². The number of sulfonamides is 1. The molecular formula is C19H26N2O4S. The van der Waals surface area contributed by atoms with E-state index in [-0.39, 0.29) is 23.1 Å². The number of aromatic nitrogens is 1. The highest BCUT2D eigenvalue weighted by Gasteiger charge is 2.28. The van der Waals surface area contributed by atoms with Crippen molar-refractivity contribution >= 4 is 21.7 Å². The molecule has 0 radical (unpaired) electrons. The fourth-order valence-corrected chi connectivity index (χ4v) is 4.65. The predicted octanol–water partition coefficient (Wildman–Crippen LogP) is 4.04. The minimum Gasteiger partial charge on any atom is -0.461 e. The molecule has 0 saturated heterocycles. The van der Waals surface area contributed by atoms with Gasteiger partial charge in [-0.05, 0) is 44.7 Å². The number of nitrogens with one attached hydrogen (secondary N) is 2. The largest absolute Gasteiger partial charge is 0.461 e. The maximum absolute atomic E-state index is 13.1. The van der Waals surface area contributed by atoms with Crippen molar-refractivity contribution in [2.75, 3.05) is 11.3 Å². The molecule has 0 aliphatic carbocycles. The molecule has 2 rings (SSSR count). The standard InChI is InChI=1S/C19H26N2O4S/c1-7-25-19(22)17-13(5)18(14(6)20-17)26(23,24)21-16-12(4)9-8-10-15(16)11(2)3/h8-11,20-21H,7H2,1-6H3. The molecule has 0 atom stereocenters. The summed E-state index contributed by atoms with van der Waals surface area (Å²) in [4.78, 5) is 15.0. The van der Waals surface area contributed by atoms with E-state index >= 15 is 0 Å². The van der Waals surface area contributed by atoms with Gasteiger partial charge in [-0.1, -0.05) is 32.0 Å². The van der Waals surface area contributed by atoms with Crippen LogP contribution in [-0.4, -0.2) is 26.0 Å². The van der Waals surface area contributed by atoms with Crippen LogP contribution in [0.2, 0.25) is 0 Å². The van der Waals surface area contributed by atoms with E-state index < -0.39 is 16.0 Å². The minimum atomic E-state index is -3.87. The van der Waals surface area contributed by atoms with Crippen molar-refractivity contribution in [1.29, 1.82) is 0 Å². The molecule has 0 fully saturated rings. The van der Waals surface area contributed by atoms with Gasteiger partial charge in [-0.25, -0.2) is 13.2 Å². The summed E-state index contributed by atoms with van der Waals surface area (Å²) >= 11 is 0. The summed E-state index contributed by atoms with van der Waals surface area (Å²) in [6, 6.07) is 5.69. The van der Waals surface area contributed by atoms with Crippen LogP contribution in [0.4, 0.5) is 5.69 Å². The monoisotopic (exact) mass is 378 g/mol. The molecule has 0 unspecified atom stereocenters. The maximum atomic E-state index is 13.1. The molecule has 7 heteroatoms. The zero-order chi connectivity index (χ0) is 19.6. The summed E-state index contributed by atoms with van der Waals surface area (Å²) in [6.45, 7) is 11.0. The third kappa shape index (κ3) is 3.77. The average molecular weight is 378 g/mol. The second-order valence-corrected chi connectivity index (χ2v) is 8.22. The number of carbonyl (C=O) groups is 1. The molecule has 0 saturated carbocycles. The van der Waals surface area contributed by atoms with Gasteiger partial charge >= 0.3 is 5.97 Å². The SMILES string of the molecule is CCOC(=O)c1[nH]c(C)c(S(=O)(=O)Nc2c(C)cccc2C(C)C)c1C. The number of anilines is 1. The Kier molecular flexibility index (Phi) is 5.81. The Bertz CT molecular complexity index is 927. The van der Waals surface area contributed by atoms with E-state index in [0.717, 1.165) is 11.1 Å². The summed E-state index contributed by atoms with van der Waals surface area (Å²) < 4.78 is 33.9. The Morgan fingerprint density at radius 2 is 1.88 bits per heavy atom. The van der Waals surface area contributed by atoms with E-state index in [9.17, 15) is 13.2 Å². The number of hydrogen-bond acceptors (Lipinski definition) is 4. The van der Waals surface area contributed by atoms with E-state index in [1.54, 1.807) is 20.8 Å². The number of carbonyl (C=O) groups excluding carboxylic acids is 1. The van der Waals surface area contributed by atoms with Gasteiger partial charge in [0.25, 0.3) is 10.0 Å². The van der Waals surface area contributed by atoms with Gasteiger partial charge < -0.3 is 9.72 Å². The molecule has 26 heavy (non-hydrogen) atoms. The summed E-state index contributed by atoms with van der Waals surface area (Å²) in [5.41, 5.74) is 3.27. The van der Waals surface area contributed by atoms with Crippen molar-refractivity contribution in [1.82, 2.24) is 4.98 Å². The number of benzene rings is 1. The van der Waals surface area contributed by atoms with Gasteiger partial charge in [0.1, 0.15) is 10.6 Å². The highest BCUT2D eigenvalue weighted by atomic mass is 32.2. The second-order valence-electron chi connectivity index (χ2n) is 6.60. The molecule has 142 valence electrons. The summed E-state index contributed by atoms with van der Waals surface area (Å²) in [7, 11) is -3.87. The number of esters is 1. The Labute approximate surface area is 155 Å². The van der Waals surface area contributed by atoms with E-state index in [1.807, 2.05) is 39.0 Å². The molecule has 6 nitrogen and oxygen atoms in total. The van der Waals surface area contributed by atoms with Crippen LogP contribution >= 0.6 is 0 Å². The van der Waals surface area contributed by atoms with Crippen LogP contribution in [-0.2, 0) is 14.8 Å². The summed E-state index contributed by atoms with van der Waals surface area (Å²) in [5.74, 6) is -0.399. The fraction of sp³-hybridized carbons (Fsp3) is 0.421. The van der Waals surface area contributed by atoms with Gasteiger partial charge in [0.2, 0.25) is 0 Å². The first-order valence-corrected chi connectivity index (χ1v) is 10.1. The molecule has 0 bridgehead atoms. The third-order valence-corrected chi connectivity index (χ3v) is 5.90. The predicted molar refractivity (Wildman–Crippen MR) is 102 cm³/mol. The molecule has 1 aromatic carbocycles. The van der Waals surface area contributed by atoms with E-state index in [2.05, 4.69) is 9.71 Å². The van der Waals surface area contributed by atoms with Crippen molar-refractivity contribution in [2.24, 2.45) is 0 Å². The first kappa shape index (κ1) is 20.0. The first-order valence-electron chi connectivity index (χ1n) is 8.58. The van der Waals surface area contributed by atoms with Crippen molar-refractivity contribution < 1.29 is 17.9 Å². The Morgan fingerprint density at radius 1 is 1.23 bits per heavy atom. The number of hydrogen-bond donors (Lipinski definition) is 2. The zero-order valence-corrected chi connectivity index (χ0v) is 16.9. The smallest absolute Gasteiger partial charge is 0.355 e. The Balaban J connectivity index is 2.52. The van der Waals surface area contributed by atoms with Crippen LogP contribution in [0.1, 0.15) is 59.6 Å². The lowest BCUT2D eigenvalue weighted by molar-refractivity contribution is 0.0519. The number of H-pyrrole nitrogens is 1. The molecule has 2 N–H and O–H groups in total. The van der Waals surface area contributed by atoms with E-state index in [0.29, 0.717) is 16.9 Å². The van der Waals surface area contributed by atoms with Crippen LogP contribution in [0.3, 0.4) is 0 Å². The van der Waals surface area contributed by atoms with E-state index in [1.165, 1.54) is 0 Å². The van der Waals surface area contributed by atoms with Crippen LogP contribution in [0.25, 0.3) is 0 Å². The van der Waals surface area contributed by atoms with Gasteiger partial charge in [0.15, 0.2) is 0 Å². The number of para-hydroxylation sites is 1. The minimum absolute atomic E-state index is 0.0820.